The van der Waals surface area contributed by atoms with Gasteiger partial charge in [-0.25, -0.2) is 4.79 Å². The summed E-state index contributed by atoms with van der Waals surface area (Å²) in [6, 6.07) is 1.59. The van der Waals surface area contributed by atoms with E-state index in [0.29, 0.717) is 18.8 Å². The fraction of sp³-hybridized carbons (Fsp3) is 0.545. The van der Waals surface area contributed by atoms with E-state index in [9.17, 15) is 9.59 Å². The number of amides is 3. The van der Waals surface area contributed by atoms with E-state index in [1.807, 2.05) is 10.7 Å². The summed E-state index contributed by atoms with van der Waals surface area (Å²) in [6.45, 7) is 1.34. The first-order chi connectivity index (χ1) is 8.24. The number of fused-ring (bicyclic) bond motifs is 1. The summed E-state index contributed by atoms with van der Waals surface area (Å²) < 4.78 is 1.96. The van der Waals surface area contributed by atoms with Gasteiger partial charge in [0, 0.05) is 31.3 Å². The zero-order valence-electron chi connectivity index (χ0n) is 9.48. The van der Waals surface area contributed by atoms with Crippen molar-refractivity contribution < 1.29 is 9.59 Å². The number of imide groups is 1. The lowest BCUT2D eigenvalue weighted by atomic mass is 10.1. The Balaban J connectivity index is 1.86. The van der Waals surface area contributed by atoms with Crippen LogP contribution in [0.3, 0.4) is 0 Å². The quantitative estimate of drug-likeness (QED) is 0.776. The van der Waals surface area contributed by atoms with Gasteiger partial charge in [0.2, 0.25) is 5.91 Å². The second-order valence-corrected chi connectivity index (χ2v) is 4.43. The Hall–Kier alpha value is -1.85. The van der Waals surface area contributed by atoms with E-state index >= 15 is 0 Å². The molecule has 1 N–H and O–H groups in total. The molecule has 0 atom stereocenters. The van der Waals surface area contributed by atoms with Crippen LogP contribution in [0.1, 0.15) is 25.0 Å². The summed E-state index contributed by atoms with van der Waals surface area (Å²) in [5.74, 6) is 0.446. The van der Waals surface area contributed by atoms with Gasteiger partial charge in [-0.15, -0.1) is 0 Å². The van der Waals surface area contributed by atoms with Gasteiger partial charge in [0.1, 0.15) is 0 Å². The number of anilines is 1. The Bertz CT molecular complexity index is 456. The van der Waals surface area contributed by atoms with Crippen LogP contribution in [-0.4, -0.2) is 28.3 Å². The number of urea groups is 1. The first-order valence-electron chi connectivity index (χ1n) is 5.92. The Labute approximate surface area is 98.6 Å². The molecule has 3 rings (SSSR count). The normalized spacial score (nSPS) is 20.1. The average Bonchev–Trinajstić information content (AvgIpc) is 2.72. The van der Waals surface area contributed by atoms with Crippen molar-refractivity contribution in [3.8, 4) is 0 Å². The lowest BCUT2D eigenvalue weighted by Gasteiger charge is -2.24. The molecule has 6 nitrogen and oxygen atoms in total. The summed E-state index contributed by atoms with van der Waals surface area (Å²) in [6.07, 6.45) is 3.67. The van der Waals surface area contributed by atoms with Crippen LogP contribution in [-0.2, 0) is 17.8 Å². The van der Waals surface area contributed by atoms with Crippen LogP contribution in [0, 0.1) is 0 Å². The lowest BCUT2D eigenvalue weighted by Crippen LogP contribution is -2.49. The number of carbonyl (C=O) groups excluding carboxylic acids is 2. The van der Waals surface area contributed by atoms with E-state index in [1.165, 1.54) is 17.0 Å². The van der Waals surface area contributed by atoms with Crippen molar-refractivity contribution >= 4 is 17.8 Å². The van der Waals surface area contributed by atoms with Crippen molar-refractivity contribution in [1.82, 2.24) is 15.1 Å². The average molecular weight is 234 g/mol. The number of aromatic nitrogens is 2. The molecule has 3 heterocycles. The fourth-order valence-corrected chi connectivity index (χ4v) is 2.32. The third kappa shape index (κ3) is 1.79. The molecule has 0 aromatic carbocycles. The summed E-state index contributed by atoms with van der Waals surface area (Å²) in [5.41, 5.74) is 1.18. The third-order valence-electron chi connectivity index (χ3n) is 3.23. The summed E-state index contributed by atoms with van der Waals surface area (Å²) in [5, 5.41) is 6.73. The van der Waals surface area contributed by atoms with Gasteiger partial charge in [0.15, 0.2) is 5.82 Å². The van der Waals surface area contributed by atoms with Crippen LogP contribution in [0.15, 0.2) is 6.07 Å². The number of hydrogen-bond acceptors (Lipinski definition) is 3. The molecular weight excluding hydrogens is 220 g/mol. The largest absolute Gasteiger partial charge is 0.329 e. The summed E-state index contributed by atoms with van der Waals surface area (Å²) in [4.78, 5) is 24.3. The molecule has 0 aliphatic carbocycles. The second kappa shape index (κ2) is 3.87. The zero-order valence-corrected chi connectivity index (χ0v) is 9.48. The fourth-order valence-electron chi connectivity index (χ4n) is 2.32. The van der Waals surface area contributed by atoms with Gasteiger partial charge < -0.3 is 0 Å². The van der Waals surface area contributed by atoms with Crippen molar-refractivity contribution in [2.24, 2.45) is 0 Å². The number of nitrogens with one attached hydrogen (secondary N) is 1. The number of rotatable bonds is 1. The Kier molecular flexibility index (Phi) is 2.35. The molecule has 1 fully saturated rings. The Morgan fingerprint density at radius 3 is 2.82 bits per heavy atom. The number of hydrogen-bond donors (Lipinski definition) is 1. The van der Waals surface area contributed by atoms with Gasteiger partial charge in [-0.3, -0.25) is 19.7 Å². The molecule has 0 unspecified atom stereocenters. The smallest absolute Gasteiger partial charge is 0.278 e. The standard InChI is InChI=1S/C11H14N4O2/c16-10-4-6-14(11(17)12-10)9-7-8-3-1-2-5-15(8)13-9/h7H,1-6H2,(H,12,16,17). The monoisotopic (exact) mass is 234 g/mol. The molecular formula is C11H14N4O2. The van der Waals surface area contributed by atoms with Crippen LogP contribution in [0.4, 0.5) is 10.6 Å². The van der Waals surface area contributed by atoms with E-state index < -0.39 is 0 Å². The highest BCUT2D eigenvalue weighted by molar-refractivity contribution is 6.05. The summed E-state index contributed by atoms with van der Waals surface area (Å²) in [7, 11) is 0. The van der Waals surface area contributed by atoms with E-state index in [-0.39, 0.29) is 11.9 Å². The SMILES string of the molecule is O=C1CCN(c2cc3n(n2)CCCC3)C(=O)N1. The molecule has 6 heteroatoms. The van der Waals surface area contributed by atoms with Gasteiger partial charge in [0.25, 0.3) is 0 Å². The van der Waals surface area contributed by atoms with Crippen LogP contribution < -0.4 is 10.2 Å². The van der Waals surface area contributed by atoms with Crippen molar-refractivity contribution in [3.05, 3.63) is 11.8 Å². The number of carbonyl (C=O) groups is 2. The highest BCUT2D eigenvalue weighted by Crippen LogP contribution is 2.21. The molecule has 1 aromatic rings. The second-order valence-electron chi connectivity index (χ2n) is 4.43. The number of aryl methyl sites for hydroxylation is 2. The Morgan fingerprint density at radius 2 is 2.06 bits per heavy atom. The van der Waals surface area contributed by atoms with E-state index in [0.717, 1.165) is 19.4 Å². The third-order valence-corrected chi connectivity index (χ3v) is 3.23. The molecule has 0 spiro atoms. The maximum atomic E-state index is 11.7. The highest BCUT2D eigenvalue weighted by Gasteiger charge is 2.27. The van der Waals surface area contributed by atoms with Crippen LogP contribution in [0.25, 0.3) is 0 Å². The molecule has 1 aromatic heterocycles. The molecule has 17 heavy (non-hydrogen) atoms. The molecule has 0 radical (unpaired) electrons. The van der Waals surface area contributed by atoms with Crippen molar-refractivity contribution in [3.63, 3.8) is 0 Å². The summed E-state index contributed by atoms with van der Waals surface area (Å²) >= 11 is 0. The van der Waals surface area contributed by atoms with E-state index in [4.69, 9.17) is 0 Å². The van der Waals surface area contributed by atoms with Crippen molar-refractivity contribution in [2.75, 3.05) is 11.4 Å². The maximum Gasteiger partial charge on any atom is 0.329 e. The molecule has 2 aliphatic rings. The van der Waals surface area contributed by atoms with Gasteiger partial charge in [-0.2, -0.15) is 5.10 Å². The van der Waals surface area contributed by atoms with Gasteiger partial charge in [0.05, 0.1) is 0 Å². The van der Waals surface area contributed by atoms with Crippen molar-refractivity contribution in [1.29, 1.82) is 0 Å². The predicted octanol–water partition coefficient (Wildman–Crippen LogP) is 0.666. The first-order valence-corrected chi connectivity index (χ1v) is 5.92. The molecule has 1 saturated heterocycles. The van der Waals surface area contributed by atoms with Crippen LogP contribution >= 0.6 is 0 Å². The minimum atomic E-state index is -0.364. The van der Waals surface area contributed by atoms with E-state index in [1.54, 1.807) is 0 Å². The minimum absolute atomic E-state index is 0.213. The van der Waals surface area contributed by atoms with Gasteiger partial charge in [-0.1, -0.05) is 0 Å². The molecule has 3 amide bonds. The molecule has 0 saturated carbocycles. The Morgan fingerprint density at radius 1 is 1.18 bits per heavy atom. The molecule has 2 aliphatic heterocycles. The first kappa shape index (κ1) is 10.3. The van der Waals surface area contributed by atoms with E-state index in [2.05, 4.69) is 10.4 Å². The van der Waals surface area contributed by atoms with Crippen LogP contribution in [0.5, 0.6) is 0 Å². The zero-order chi connectivity index (χ0) is 11.8. The van der Waals surface area contributed by atoms with Gasteiger partial charge in [-0.05, 0) is 19.3 Å². The van der Waals surface area contributed by atoms with Crippen molar-refractivity contribution in [2.45, 2.75) is 32.2 Å². The predicted molar refractivity (Wildman–Crippen MR) is 60.7 cm³/mol. The minimum Gasteiger partial charge on any atom is -0.278 e. The topological polar surface area (TPSA) is 67.2 Å². The molecule has 90 valence electrons. The maximum absolute atomic E-state index is 11.7. The molecule has 0 bridgehead atoms. The highest BCUT2D eigenvalue weighted by atomic mass is 16.2. The number of nitrogens with zero attached hydrogens (tertiary/aromatic N) is 3. The lowest BCUT2D eigenvalue weighted by molar-refractivity contribution is -0.120. The van der Waals surface area contributed by atoms with Crippen LogP contribution in [0.2, 0.25) is 0 Å². The van der Waals surface area contributed by atoms with Gasteiger partial charge >= 0.3 is 6.03 Å².